The minimum absolute atomic E-state index is 0.0426. The van der Waals surface area contributed by atoms with Crippen molar-refractivity contribution in [3.05, 3.63) is 48.5 Å². The first-order chi connectivity index (χ1) is 13.0. The summed E-state index contributed by atoms with van der Waals surface area (Å²) in [6.45, 7) is 0. The van der Waals surface area contributed by atoms with Crippen LogP contribution in [0.4, 0.5) is 0 Å². The maximum absolute atomic E-state index is 12.2. The van der Waals surface area contributed by atoms with Crippen LogP contribution < -0.4 is 9.47 Å². The summed E-state index contributed by atoms with van der Waals surface area (Å²) in [6.07, 6.45) is 0. The van der Waals surface area contributed by atoms with Crippen molar-refractivity contribution in [3.8, 4) is 28.6 Å². The average Bonchev–Trinajstić information content (AvgIpc) is 3.13. The molecule has 0 radical (unpaired) electrons. The Morgan fingerprint density at radius 1 is 1.07 bits per heavy atom. The molecular weight excluding hydrogens is 370 g/mol. The van der Waals surface area contributed by atoms with Crippen molar-refractivity contribution in [2.75, 3.05) is 20.0 Å². The molecule has 0 amide bonds. The third-order valence-electron chi connectivity index (χ3n) is 3.71. The van der Waals surface area contributed by atoms with Crippen LogP contribution in [0, 0.1) is 0 Å². The number of nitrogens with zero attached hydrogens (tertiary/aromatic N) is 3. The molecule has 0 aliphatic rings. The number of carboxylic acid groups (broad SMARTS) is 1. The Balaban J connectivity index is 2.07. The van der Waals surface area contributed by atoms with E-state index in [0.717, 1.165) is 5.56 Å². The monoisotopic (exact) mass is 387 g/mol. The van der Waals surface area contributed by atoms with Crippen LogP contribution in [0.2, 0.25) is 0 Å². The van der Waals surface area contributed by atoms with E-state index in [0.29, 0.717) is 23.0 Å². The summed E-state index contributed by atoms with van der Waals surface area (Å²) in [7, 11) is 3.14. The van der Waals surface area contributed by atoms with Gasteiger partial charge in [-0.25, -0.2) is 9.48 Å². The third-order valence-corrected chi connectivity index (χ3v) is 4.80. The summed E-state index contributed by atoms with van der Waals surface area (Å²) < 4.78 is 24.1. The summed E-state index contributed by atoms with van der Waals surface area (Å²) in [4.78, 5) is 15.2. The molecule has 1 atom stereocenters. The molecule has 1 aromatic heterocycles. The van der Waals surface area contributed by atoms with Crippen LogP contribution in [-0.4, -0.2) is 50.4 Å². The molecule has 1 unspecified atom stereocenters. The van der Waals surface area contributed by atoms with Crippen LogP contribution in [0.1, 0.15) is 0 Å². The summed E-state index contributed by atoms with van der Waals surface area (Å²) in [5, 5.41) is 13.1. The van der Waals surface area contributed by atoms with E-state index in [2.05, 4.69) is 10.1 Å². The fourth-order valence-corrected chi connectivity index (χ4v) is 3.11. The number of aliphatic carboxylic acids is 1. The van der Waals surface area contributed by atoms with Crippen LogP contribution in [0.5, 0.6) is 11.5 Å². The molecule has 0 saturated carbocycles. The summed E-state index contributed by atoms with van der Waals surface area (Å²) in [6, 6.07) is 14.2. The lowest BCUT2D eigenvalue weighted by Crippen LogP contribution is -2.16. The lowest BCUT2D eigenvalue weighted by atomic mass is 10.2. The first-order valence-corrected chi connectivity index (χ1v) is 9.20. The molecule has 27 heavy (non-hydrogen) atoms. The van der Waals surface area contributed by atoms with Crippen LogP contribution >= 0.6 is 0 Å². The van der Waals surface area contributed by atoms with Gasteiger partial charge in [-0.2, -0.15) is 4.98 Å². The van der Waals surface area contributed by atoms with Crippen LogP contribution in [0.3, 0.4) is 0 Å². The van der Waals surface area contributed by atoms with E-state index in [1.165, 1.54) is 4.68 Å². The molecule has 140 valence electrons. The Morgan fingerprint density at radius 3 is 2.15 bits per heavy atom. The van der Waals surface area contributed by atoms with E-state index in [-0.39, 0.29) is 5.16 Å². The predicted molar refractivity (Wildman–Crippen MR) is 98.8 cm³/mol. The van der Waals surface area contributed by atoms with Gasteiger partial charge in [0.1, 0.15) is 11.5 Å². The largest absolute Gasteiger partial charge is 0.608 e. The van der Waals surface area contributed by atoms with Crippen molar-refractivity contribution in [2.45, 2.75) is 5.16 Å². The number of ether oxygens (including phenoxy) is 2. The second-order valence-electron chi connectivity index (χ2n) is 5.44. The number of methoxy groups -OCH3 is 2. The third kappa shape index (κ3) is 4.21. The molecule has 0 fully saturated rings. The van der Waals surface area contributed by atoms with Crippen LogP contribution in [0.15, 0.2) is 53.7 Å². The molecule has 0 bridgehead atoms. The number of carbonyl (C=O) groups is 1. The van der Waals surface area contributed by atoms with Crippen LogP contribution in [0.25, 0.3) is 17.1 Å². The SMILES string of the molecule is COc1ccc(-c2nc([S+]([O-])CC(=O)O)nn2-c2ccc(OC)cc2)cc1. The molecule has 1 N–H and O–H groups in total. The zero-order valence-corrected chi connectivity index (χ0v) is 15.5. The van der Waals surface area contributed by atoms with E-state index in [4.69, 9.17) is 14.6 Å². The second kappa shape index (κ2) is 8.11. The Bertz CT molecular complexity index is 860. The molecule has 0 spiro atoms. The van der Waals surface area contributed by atoms with Gasteiger partial charge in [-0.05, 0) is 48.5 Å². The molecule has 8 nitrogen and oxygen atoms in total. The minimum Gasteiger partial charge on any atom is -0.608 e. The van der Waals surface area contributed by atoms with Gasteiger partial charge in [0.15, 0.2) is 5.82 Å². The topological polar surface area (TPSA) is 110 Å². The first-order valence-electron chi connectivity index (χ1n) is 7.88. The van der Waals surface area contributed by atoms with Gasteiger partial charge in [-0.1, -0.05) is 5.10 Å². The van der Waals surface area contributed by atoms with Gasteiger partial charge in [0, 0.05) is 16.7 Å². The number of aromatic nitrogens is 3. The van der Waals surface area contributed by atoms with E-state index < -0.39 is 22.9 Å². The fourth-order valence-electron chi connectivity index (χ4n) is 2.40. The zero-order valence-electron chi connectivity index (χ0n) is 14.7. The Kier molecular flexibility index (Phi) is 5.63. The van der Waals surface area contributed by atoms with E-state index in [1.807, 2.05) is 0 Å². The molecule has 0 saturated heterocycles. The van der Waals surface area contributed by atoms with Crippen molar-refractivity contribution in [2.24, 2.45) is 0 Å². The van der Waals surface area contributed by atoms with Gasteiger partial charge < -0.3 is 19.1 Å². The van der Waals surface area contributed by atoms with Gasteiger partial charge in [0.2, 0.25) is 5.75 Å². The van der Waals surface area contributed by atoms with E-state index in [1.54, 1.807) is 62.8 Å². The van der Waals surface area contributed by atoms with Gasteiger partial charge in [-0.15, -0.1) is 0 Å². The van der Waals surface area contributed by atoms with Crippen molar-refractivity contribution in [1.82, 2.24) is 14.8 Å². The highest BCUT2D eigenvalue weighted by Crippen LogP contribution is 2.26. The molecule has 3 aromatic rings. The quantitative estimate of drug-likeness (QED) is 0.619. The fraction of sp³-hybridized carbons (Fsp3) is 0.167. The highest BCUT2D eigenvalue weighted by atomic mass is 32.2. The molecule has 1 heterocycles. The molecule has 2 aromatic carbocycles. The highest BCUT2D eigenvalue weighted by molar-refractivity contribution is 7.91. The highest BCUT2D eigenvalue weighted by Gasteiger charge is 2.25. The minimum atomic E-state index is -1.85. The number of hydrogen-bond donors (Lipinski definition) is 1. The molecular formula is C18H17N3O5S. The van der Waals surface area contributed by atoms with Crippen molar-refractivity contribution in [3.63, 3.8) is 0 Å². The number of hydrogen-bond acceptors (Lipinski definition) is 6. The Morgan fingerprint density at radius 2 is 1.63 bits per heavy atom. The van der Waals surface area contributed by atoms with Crippen molar-refractivity contribution in [1.29, 1.82) is 0 Å². The molecule has 3 rings (SSSR count). The summed E-state index contributed by atoms with van der Waals surface area (Å²) in [5.74, 6) is 0.0643. The molecule has 0 aliphatic heterocycles. The van der Waals surface area contributed by atoms with Gasteiger partial charge in [0.25, 0.3) is 0 Å². The summed E-state index contributed by atoms with van der Waals surface area (Å²) in [5.41, 5.74) is 1.39. The van der Waals surface area contributed by atoms with E-state index in [9.17, 15) is 9.35 Å². The standard InChI is InChI=1S/C18H17N3O5S/c1-25-14-7-3-12(4-8-14)17-19-18(27(24)11-16(22)23)20-21(17)13-5-9-15(26-2)10-6-13/h3-10H,11H2,1-2H3,(H,22,23). The maximum Gasteiger partial charge on any atom is 0.362 e. The van der Waals surface area contributed by atoms with Gasteiger partial charge in [0.05, 0.1) is 19.9 Å². The Hall–Kier alpha value is -3.04. The van der Waals surface area contributed by atoms with Gasteiger partial charge in [-0.3, -0.25) is 0 Å². The lowest BCUT2D eigenvalue weighted by molar-refractivity contribution is -0.134. The molecule has 0 aliphatic carbocycles. The zero-order chi connectivity index (χ0) is 19.4. The Labute approximate surface area is 158 Å². The first kappa shape index (κ1) is 18.7. The lowest BCUT2D eigenvalue weighted by Gasteiger charge is -2.07. The van der Waals surface area contributed by atoms with Crippen LogP contribution in [-0.2, 0) is 16.0 Å². The van der Waals surface area contributed by atoms with Crippen molar-refractivity contribution < 1.29 is 23.9 Å². The molecule has 9 heteroatoms. The summed E-state index contributed by atoms with van der Waals surface area (Å²) >= 11 is -1.85. The second-order valence-corrected chi connectivity index (χ2v) is 6.78. The van der Waals surface area contributed by atoms with Gasteiger partial charge >= 0.3 is 11.1 Å². The predicted octanol–water partition coefficient (Wildman–Crippen LogP) is 2.14. The van der Waals surface area contributed by atoms with E-state index >= 15 is 0 Å². The number of carboxylic acids is 1. The normalized spacial score (nSPS) is 11.8. The average molecular weight is 387 g/mol. The van der Waals surface area contributed by atoms with Crippen molar-refractivity contribution >= 4 is 17.1 Å². The number of benzene rings is 2. The smallest absolute Gasteiger partial charge is 0.362 e. The number of rotatable bonds is 7. The maximum atomic E-state index is 12.2.